The molecular formula is C22H26FN5O3S. The number of amides is 1. The molecule has 170 valence electrons. The fraction of sp³-hybridized carbons (Fsp3) is 0.455. The third-order valence-electron chi connectivity index (χ3n) is 5.65. The molecule has 0 unspecified atom stereocenters. The summed E-state index contributed by atoms with van der Waals surface area (Å²) in [4.78, 5) is 38.5. The summed E-state index contributed by atoms with van der Waals surface area (Å²) >= 11 is 1.27. The van der Waals surface area contributed by atoms with Crippen molar-refractivity contribution in [1.29, 1.82) is 0 Å². The Balaban J connectivity index is 1.56. The van der Waals surface area contributed by atoms with Crippen molar-refractivity contribution in [2.24, 2.45) is 0 Å². The van der Waals surface area contributed by atoms with Gasteiger partial charge in [-0.25, -0.2) is 14.4 Å². The molecule has 1 fully saturated rings. The van der Waals surface area contributed by atoms with E-state index in [2.05, 4.69) is 14.9 Å². The van der Waals surface area contributed by atoms with Crippen molar-refractivity contribution in [3.8, 4) is 0 Å². The monoisotopic (exact) mass is 459 g/mol. The molecule has 10 heteroatoms. The van der Waals surface area contributed by atoms with Gasteiger partial charge in [-0.15, -0.1) is 0 Å². The summed E-state index contributed by atoms with van der Waals surface area (Å²) in [6.45, 7) is 7.80. The van der Waals surface area contributed by atoms with E-state index >= 15 is 0 Å². The number of carbonyl (C=O) groups is 1. The number of halogens is 1. The van der Waals surface area contributed by atoms with Gasteiger partial charge in [-0.05, 0) is 38.5 Å². The molecule has 2 aromatic heterocycles. The van der Waals surface area contributed by atoms with E-state index in [9.17, 15) is 14.0 Å². The van der Waals surface area contributed by atoms with Gasteiger partial charge in [-0.1, -0.05) is 11.3 Å². The summed E-state index contributed by atoms with van der Waals surface area (Å²) in [5, 5.41) is 0.502. The highest BCUT2D eigenvalue weighted by atomic mass is 32.1. The lowest BCUT2D eigenvalue weighted by molar-refractivity contribution is -0.119. The molecule has 0 saturated carbocycles. The molecule has 0 aliphatic carbocycles. The van der Waals surface area contributed by atoms with E-state index in [4.69, 9.17) is 4.74 Å². The van der Waals surface area contributed by atoms with Crippen LogP contribution in [0.5, 0.6) is 0 Å². The number of anilines is 1. The van der Waals surface area contributed by atoms with Crippen LogP contribution >= 0.6 is 11.3 Å². The van der Waals surface area contributed by atoms with E-state index in [1.807, 2.05) is 0 Å². The first kappa shape index (κ1) is 22.5. The Bertz CT molecular complexity index is 1170. The van der Waals surface area contributed by atoms with Gasteiger partial charge in [-0.3, -0.25) is 24.0 Å². The zero-order valence-corrected chi connectivity index (χ0v) is 19.0. The smallest absolute Gasteiger partial charge is 0.256 e. The molecule has 4 rings (SSSR count). The average molecular weight is 460 g/mol. The Kier molecular flexibility index (Phi) is 6.92. The number of hydrogen-bond acceptors (Lipinski definition) is 7. The maximum atomic E-state index is 13.7. The van der Waals surface area contributed by atoms with Crippen LogP contribution in [-0.2, 0) is 16.1 Å². The predicted molar refractivity (Wildman–Crippen MR) is 122 cm³/mol. The molecule has 1 amide bonds. The predicted octanol–water partition coefficient (Wildman–Crippen LogP) is 2.36. The molecule has 3 aromatic rings. The summed E-state index contributed by atoms with van der Waals surface area (Å²) in [7, 11) is 0. The lowest BCUT2D eigenvalue weighted by Gasteiger charge is -2.27. The molecule has 0 atom stereocenters. The first-order valence-electron chi connectivity index (χ1n) is 10.6. The fourth-order valence-electron chi connectivity index (χ4n) is 3.63. The van der Waals surface area contributed by atoms with Crippen LogP contribution in [0, 0.1) is 19.7 Å². The number of rotatable bonds is 7. The third kappa shape index (κ3) is 5.03. The summed E-state index contributed by atoms with van der Waals surface area (Å²) < 4.78 is 21.0. The van der Waals surface area contributed by atoms with Crippen molar-refractivity contribution in [3.63, 3.8) is 0 Å². The van der Waals surface area contributed by atoms with Crippen LogP contribution in [-0.4, -0.2) is 64.7 Å². The number of fused-ring (bicyclic) bond motifs is 1. The first-order chi connectivity index (χ1) is 15.4. The molecule has 1 aliphatic heterocycles. The molecule has 0 spiro atoms. The molecule has 32 heavy (non-hydrogen) atoms. The quantitative estimate of drug-likeness (QED) is 0.540. The lowest BCUT2D eigenvalue weighted by atomic mass is 10.2. The second kappa shape index (κ2) is 9.85. The first-order valence-corrected chi connectivity index (χ1v) is 11.4. The highest BCUT2D eigenvalue weighted by Crippen LogP contribution is 2.29. The topological polar surface area (TPSA) is 80.6 Å². The minimum atomic E-state index is -0.342. The zero-order chi connectivity index (χ0) is 22.7. The summed E-state index contributed by atoms with van der Waals surface area (Å²) in [5.41, 5.74) is 1.58. The number of aromatic nitrogens is 3. The summed E-state index contributed by atoms with van der Waals surface area (Å²) in [5.74, 6) is -0.593. The fourth-order valence-corrected chi connectivity index (χ4v) is 4.66. The second-order valence-electron chi connectivity index (χ2n) is 7.85. The van der Waals surface area contributed by atoms with E-state index in [1.165, 1.54) is 34.4 Å². The molecule has 8 nitrogen and oxygen atoms in total. The number of aryl methyl sites for hydroxylation is 1. The number of ether oxygens (including phenoxy) is 1. The highest BCUT2D eigenvalue weighted by molar-refractivity contribution is 7.22. The van der Waals surface area contributed by atoms with Crippen LogP contribution in [0.2, 0.25) is 0 Å². The highest BCUT2D eigenvalue weighted by Gasteiger charge is 2.22. The summed E-state index contributed by atoms with van der Waals surface area (Å²) in [6.07, 6.45) is 2.15. The van der Waals surface area contributed by atoms with Crippen molar-refractivity contribution >= 4 is 32.6 Å². The van der Waals surface area contributed by atoms with Gasteiger partial charge in [0.2, 0.25) is 5.91 Å². The number of thiazole rings is 1. The Labute approximate surface area is 189 Å². The van der Waals surface area contributed by atoms with Crippen molar-refractivity contribution in [1.82, 2.24) is 19.4 Å². The number of hydrogen-bond donors (Lipinski definition) is 0. The van der Waals surface area contributed by atoms with Gasteiger partial charge < -0.3 is 4.74 Å². The maximum absolute atomic E-state index is 13.7. The van der Waals surface area contributed by atoms with E-state index in [1.54, 1.807) is 24.8 Å². The SMILES string of the molecule is Cc1ncn(CC(=O)N(CCCN2CCOCC2)c2nc3ccc(F)cc3s2)c(=O)c1C. The molecule has 1 aromatic carbocycles. The number of morpholine rings is 1. The maximum Gasteiger partial charge on any atom is 0.256 e. The van der Waals surface area contributed by atoms with Crippen LogP contribution in [0.15, 0.2) is 29.3 Å². The van der Waals surface area contributed by atoms with Crippen LogP contribution in [0.4, 0.5) is 9.52 Å². The normalized spacial score (nSPS) is 14.7. The molecule has 3 heterocycles. The van der Waals surface area contributed by atoms with Gasteiger partial charge in [-0.2, -0.15) is 0 Å². The van der Waals surface area contributed by atoms with Gasteiger partial charge in [0.05, 0.1) is 29.8 Å². The Morgan fingerprint density at radius 1 is 1.28 bits per heavy atom. The Morgan fingerprint density at radius 3 is 2.84 bits per heavy atom. The largest absolute Gasteiger partial charge is 0.379 e. The van der Waals surface area contributed by atoms with Crippen molar-refractivity contribution < 1.29 is 13.9 Å². The molecule has 1 aliphatic rings. The zero-order valence-electron chi connectivity index (χ0n) is 18.2. The van der Waals surface area contributed by atoms with E-state index in [-0.39, 0.29) is 23.8 Å². The minimum absolute atomic E-state index is 0.130. The lowest BCUT2D eigenvalue weighted by Crippen LogP contribution is -2.41. The number of nitrogens with zero attached hydrogens (tertiary/aromatic N) is 5. The van der Waals surface area contributed by atoms with Crippen LogP contribution in [0.25, 0.3) is 10.2 Å². The van der Waals surface area contributed by atoms with Gasteiger partial charge >= 0.3 is 0 Å². The molecular weight excluding hydrogens is 433 g/mol. The Morgan fingerprint density at radius 2 is 2.06 bits per heavy atom. The molecule has 0 bridgehead atoms. The average Bonchev–Trinajstić information content (AvgIpc) is 3.20. The van der Waals surface area contributed by atoms with Crippen molar-refractivity contribution in [2.75, 3.05) is 44.3 Å². The standard InChI is InChI=1S/C22H26FN5O3S/c1-15-16(2)24-14-27(21(15)30)13-20(29)28(7-3-6-26-8-10-31-11-9-26)22-25-18-5-4-17(23)12-19(18)32-22/h4-5,12,14H,3,6-11,13H2,1-2H3. The van der Waals surface area contributed by atoms with Crippen LogP contribution in [0.3, 0.4) is 0 Å². The van der Waals surface area contributed by atoms with E-state index < -0.39 is 0 Å². The van der Waals surface area contributed by atoms with Crippen LogP contribution in [0.1, 0.15) is 17.7 Å². The number of carbonyl (C=O) groups excluding carboxylic acids is 1. The van der Waals surface area contributed by atoms with E-state index in [0.29, 0.717) is 33.2 Å². The van der Waals surface area contributed by atoms with Gasteiger partial charge in [0.1, 0.15) is 12.4 Å². The number of benzene rings is 1. The molecule has 0 N–H and O–H groups in total. The second-order valence-corrected chi connectivity index (χ2v) is 8.86. The van der Waals surface area contributed by atoms with E-state index in [0.717, 1.165) is 39.3 Å². The van der Waals surface area contributed by atoms with Gasteiger partial charge in [0, 0.05) is 37.4 Å². The van der Waals surface area contributed by atoms with Gasteiger partial charge in [0.25, 0.3) is 5.56 Å². The molecule has 0 radical (unpaired) electrons. The molecule has 1 saturated heterocycles. The summed E-state index contributed by atoms with van der Waals surface area (Å²) in [6, 6.07) is 4.39. The minimum Gasteiger partial charge on any atom is -0.379 e. The van der Waals surface area contributed by atoms with Crippen LogP contribution < -0.4 is 10.5 Å². The third-order valence-corrected chi connectivity index (χ3v) is 6.69. The Hall–Kier alpha value is -2.69. The van der Waals surface area contributed by atoms with Gasteiger partial charge in [0.15, 0.2) is 5.13 Å². The van der Waals surface area contributed by atoms with Crippen molar-refractivity contribution in [2.45, 2.75) is 26.8 Å². The van der Waals surface area contributed by atoms with Crippen molar-refractivity contribution in [3.05, 3.63) is 52.0 Å².